The molecule has 0 saturated heterocycles. The van der Waals surface area contributed by atoms with Crippen LogP contribution in [-0.4, -0.2) is 10.9 Å². The van der Waals surface area contributed by atoms with Crippen molar-refractivity contribution in [3.63, 3.8) is 0 Å². The van der Waals surface area contributed by atoms with Crippen LogP contribution in [0.5, 0.6) is 0 Å². The Kier molecular flexibility index (Phi) is 5.35. The highest BCUT2D eigenvalue weighted by Gasteiger charge is 2.30. The van der Waals surface area contributed by atoms with Crippen LogP contribution in [0, 0.1) is 6.92 Å². The second-order valence-electron chi connectivity index (χ2n) is 6.37. The third-order valence-electron chi connectivity index (χ3n) is 4.19. The molecule has 0 fully saturated rings. The van der Waals surface area contributed by atoms with Crippen molar-refractivity contribution in [3.8, 4) is 11.3 Å². The van der Waals surface area contributed by atoms with Gasteiger partial charge in [0.2, 0.25) is 0 Å². The number of nitrogens with one attached hydrogen (secondary N) is 2. The summed E-state index contributed by atoms with van der Waals surface area (Å²) in [6, 6.07) is 15.2. The van der Waals surface area contributed by atoms with Gasteiger partial charge in [-0.3, -0.25) is 9.59 Å². The van der Waals surface area contributed by atoms with Crippen LogP contribution in [0.15, 0.2) is 65.5 Å². The number of hydrogen-bond donors (Lipinski definition) is 2. The van der Waals surface area contributed by atoms with E-state index in [4.69, 9.17) is 0 Å². The number of H-pyrrole nitrogens is 1. The summed E-state index contributed by atoms with van der Waals surface area (Å²) in [4.78, 5) is 27.2. The molecule has 2 N–H and O–H groups in total. The van der Waals surface area contributed by atoms with E-state index in [9.17, 15) is 22.8 Å². The predicted molar refractivity (Wildman–Crippen MR) is 99.8 cm³/mol. The first-order chi connectivity index (χ1) is 13.2. The molecule has 0 radical (unpaired) electrons. The molecule has 0 unspecified atom stereocenters. The summed E-state index contributed by atoms with van der Waals surface area (Å²) in [5, 5.41) is 2.48. The molecule has 0 aliphatic carbocycles. The highest BCUT2D eigenvalue weighted by atomic mass is 19.4. The van der Waals surface area contributed by atoms with E-state index in [1.54, 1.807) is 6.07 Å². The van der Waals surface area contributed by atoms with Gasteiger partial charge in [-0.05, 0) is 48.4 Å². The van der Waals surface area contributed by atoms with Crippen molar-refractivity contribution in [2.75, 3.05) is 0 Å². The third kappa shape index (κ3) is 4.49. The Hall–Kier alpha value is -3.35. The van der Waals surface area contributed by atoms with Gasteiger partial charge >= 0.3 is 6.18 Å². The van der Waals surface area contributed by atoms with Gasteiger partial charge in [0.05, 0.1) is 5.56 Å². The molecule has 144 valence electrons. The van der Waals surface area contributed by atoms with Crippen LogP contribution < -0.4 is 10.9 Å². The average molecular weight is 386 g/mol. The second-order valence-corrected chi connectivity index (χ2v) is 6.37. The number of halogens is 3. The fourth-order valence-corrected chi connectivity index (χ4v) is 2.77. The molecule has 1 aromatic heterocycles. The molecule has 3 rings (SSSR count). The highest BCUT2D eigenvalue weighted by Crippen LogP contribution is 2.29. The lowest BCUT2D eigenvalue weighted by atomic mass is 10.1. The summed E-state index contributed by atoms with van der Waals surface area (Å²) in [7, 11) is 0. The normalized spacial score (nSPS) is 11.3. The van der Waals surface area contributed by atoms with Crippen LogP contribution in [0.1, 0.15) is 27.0 Å². The first kappa shape index (κ1) is 19.4. The summed E-state index contributed by atoms with van der Waals surface area (Å²) in [6.07, 6.45) is -4.46. The van der Waals surface area contributed by atoms with E-state index in [-0.39, 0.29) is 17.7 Å². The molecule has 0 bridgehead atoms. The Labute approximate surface area is 159 Å². The van der Waals surface area contributed by atoms with E-state index in [0.717, 1.165) is 23.3 Å². The molecule has 28 heavy (non-hydrogen) atoms. The fraction of sp³-hybridized carbons (Fsp3) is 0.143. The van der Waals surface area contributed by atoms with Gasteiger partial charge in [0.15, 0.2) is 0 Å². The van der Waals surface area contributed by atoms with E-state index in [1.807, 2.05) is 31.2 Å². The van der Waals surface area contributed by atoms with Gasteiger partial charge in [0, 0.05) is 12.2 Å². The first-order valence-corrected chi connectivity index (χ1v) is 8.49. The molecule has 1 heterocycles. The van der Waals surface area contributed by atoms with Crippen molar-refractivity contribution in [2.24, 2.45) is 0 Å². The Balaban J connectivity index is 1.74. The minimum absolute atomic E-state index is 0.108. The van der Waals surface area contributed by atoms with Gasteiger partial charge in [-0.25, -0.2) is 0 Å². The standard InChI is InChI=1S/C21H17F3N2O2/c1-13-4-2-6-15(10-13)18-9-8-17(20(28)26-18)19(27)25-12-14-5-3-7-16(11-14)21(22,23)24/h2-11H,12H2,1H3,(H,25,27)(H,26,28). The van der Waals surface area contributed by atoms with Crippen molar-refractivity contribution < 1.29 is 18.0 Å². The molecule has 0 saturated carbocycles. The van der Waals surface area contributed by atoms with E-state index in [2.05, 4.69) is 10.3 Å². The van der Waals surface area contributed by atoms with Gasteiger partial charge < -0.3 is 10.3 Å². The Bertz CT molecular complexity index is 1070. The number of carbonyl (C=O) groups excluding carboxylic acids is 1. The number of aromatic nitrogens is 1. The molecule has 1 amide bonds. The summed E-state index contributed by atoms with van der Waals surface area (Å²) in [5.74, 6) is -0.658. The monoisotopic (exact) mass is 386 g/mol. The van der Waals surface area contributed by atoms with Gasteiger partial charge in [-0.2, -0.15) is 13.2 Å². The van der Waals surface area contributed by atoms with Crippen LogP contribution in [-0.2, 0) is 12.7 Å². The zero-order chi connectivity index (χ0) is 20.3. The molecule has 0 aliphatic heterocycles. The van der Waals surface area contributed by atoms with Crippen molar-refractivity contribution in [1.29, 1.82) is 0 Å². The summed E-state index contributed by atoms with van der Waals surface area (Å²) in [6.45, 7) is 1.80. The summed E-state index contributed by atoms with van der Waals surface area (Å²) in [5.41, 5.74) is 1.23. The lowest BCUT2D eigenvalue weighted by Gasteiger charge is -2.10. The van der Waals surface area contributed by atoms with Crippen LogP contribution >= 0.6 is 0 Å². The molecule has 4 nitrogen and oxygen atoms in total. The minimum Gasteiger partial charge on any atom is -0.348 e. The lowest BCUT2D eigenvalue weighted by Crippen LogP contribution is -2.29. The van der Waals surface area contributed by atoms with Crippen molar-refractivity contribution in [2.45, 2.75) is 19.6 Å². The van der Waals surface area contributed by atoms with Crippen molar-refractivity contribution in [1.82, 2.24) is 10.3 Å². The van der Waals surface area contributed by atoms with Gasteiger partial charge in [-0.1, -0.05) is 35.9 Å². The maximum atomic E-state index is 12.8. The zero-order valence-corrected chi connectivity index (χ0v) is 14.9. The van der Waals surface area contributed by atoms with E-state index < -0.39 is 23.2 Å². The predicted octanol–water partition coefficient (Wildman–Crippen LogP) is 4.30. The topological polar surface area (TPSA) is 62.0 Å². The number of aromatic amines is 1. The highest BCUT2D eigenvalue weighted by molar-refractivity contribution is 5.94. The molecule has 0 aliphatic rings. The van der Waals surface area contributed by atoms with E-state index >= 15 is 0 Å². The van der Waals surface area contributed by atoms with Gasteiger partial charge in [-0.15, -0.1) is 0 Å². The largest absolute Gasteiger partial charge is 0.416 e. The second kappa shape index (κ2) is 7.72. The molecular formula is C21H17F3N2O2. The maximum Gasteiger partial charge on any atom is 0.416 e. The van der Waals surface area contributed by atoms with Crippen LogP contribution in [0.2, 0.25) is 0 Å². The number of pyridine rings is 1. The number of benzene rings is 2. The molecule has 0 atom stereocenters. The van der Waals surface area contributed by atoms with Crippen LogP contribution in [0.3, 0.4) is 0 Å². The molecule has 2 aromatic carbocycles. The van der Waals surface area contributed by atoms with E-state index in [0.29, 0.717) is 5.69 Å². The number of rotatable bonds is 4. The average Bonchev–Trinajstić information content (AvgIpc) is 2.65. The summed E-state index contributed by atoms with van der Waals surface area (Å²) >= 11 is 0. The van der Waals surface area contributed by atoms with Crippen LogP contribution in [0.4, 0.5) is 13.2 Å². The Morgan fingerprint density at radius 3 is 2.46 bits per heavy atom. The maximum absolute atomic E-state index is 12.8. The zero-order valence-electron chi connectivity index (χ0n) is 14.9. The quantitative estimate of drug-likeness (QED) is 0.702. The van der Waals surface area contributed by atoms with Gasteiger partial charge in [0.25, 0.3) is 11.5 Å². The lowest BCUT2D eigenvalue weighted by molar-refractivity contribution is -0.137. The SMILES string of the molecule is Cc1cccc(-c2ccc(C(=O)NCc3cccc(C(F)(F)F)c3)c(=O)[nH]2)c1. The molecule has 3 aromatic rings. The minimum atomic E-state index is -4.46. The Morgan fingerprint density at radius 2 is 1.79 bits per heavy atom. The fourth-order valence-electron chi connectivity index (χ4n) is 2.77. The van der Waals surface area contributed by atoms with Crippen molar-refractivity contribution in [3.05, 3.63) is 93.3 Å². The first-order valence-electron chi connectivity index (χ1n) is 8.49. The number of alkyl halides is 3. The third-order valence-corrected chi connectivity index (χ3v) is 4.19. The van der Waals surface area contributed by atoms with Crippen LogP contribution in [0.25, 0.3) is 11.3 Å². The molecular weight excluding hydrogens is 369 g/mol. The smallest absolute Gasteiger partial charge is 0.348 e. The number of amides is 1. The number of carbonyl (C=O) groups is 1. The Morgan fingerprint density at radius 1 is 1.04 bits per heavy atom. The number of aryl methyl sites for hydroxylation is 1. The number of hydrogen-bond acceptors (Lipinski definition) is 2. The summed E-state index contributed by atoms with van der Waals surface area (Å²) < 4.78 is 38.3. The molecule has 7 heteroatoms. The van der Waals surface area contributed by atoms with Crippen molar-refractivity contribution >= 4 is 5.91 Å². The van der Waals surface area contributed by atoms with E-state index in [1.165, 1.54) is 18.2 Å². The van der Waals surface area contributed by atoms with Gasteiger partial charge in [0.1, 0.15) is 5.56 Å². The molecule has 0 spiro atoms.